The molecular formula is C12H18INO. The smallest absolute Gasteiger partial charge is 0.0646 e. The van der Waals surface area contributed by atoms with Crippen LogP contribution >= 0.6 is 22.6 Å². The van der Waals surface area contributed by atoms with Crippen LogP contribution in [-0.2, 0) is 4.74 Å². The maximum atomic E-state index is 5.62. The molecule has 0 atom stereocenters. The van der Waals surface area contributed by atoms with Crippen molar-refractivity contribution in [3.05, 3.63) is 27.8 Å². The van der Waals surface area contributed by atoms with Crippen LogP contribution in [-0.4, -0.2) is 18.8 Å². The predicted octanol–water partition coefficient (Wildman–Crippen LogP) is 3.52. The highest BCUT2D eigenvalue weighted by Crippen LogP contribution is 2.12. The van der Waals surface area contributed by atoms with Crippen LogP contribution in [0.5, 0.6) is 0 Å². The first-order chi connectivity index (χ1) is 6.97. The van der Waals surface area contributed by atoms with E-state index in [4.69, 9.17) is 4.74 Å². The minimum absolute atomic E-state index is 0.0488. The van der Waals surface area contributed by atoms with E-state index in [1.165, 1.54) is 3.57 Å². The third-order valence-electron chi connectivity index (χ3n) is 1.79. The van der Waals surface area contributed by atoms with Gasteiger partial charge in [-0.25, -0.2) is 0 Å². The number of rotatable bonds is 4. The van der Waals surface area contributed by atoms with Crippen LogP contribution in [0, 0.1) is 3.57 Å². The van der Waals surface area contributed by atoms with Crippen molar-refractivity contribution >= 4 is 28.3 Å². The molecule has 84 valence electrons. The Balaban J connectivity index is 2.26. The standard InChI is InChI=1S/C12H18INO/c1-12(2,3)15-8-7-14-11-6-4-5-10(13)9-11/h4-6,9,14H,7-8H2,1-3H3. The van der Waals surface area contributed by atoms with E-state index in [0.717, 1.165) is 18.8 Å². The Labute approximate surface area is 106 Å². The maximum Gasteiger partial charge on any atom is 0.0646 e. The molecule has 0 unspecified atom stereocenters. The largest absolute Gasteiger partial charge is 0.383 e. The van der Waals surface area contributed by atoms with Crippen LogP contribution in [0.2, 0.25) is 0 Å². The summed E-state index contributed by atoms with van der Waals surface area (Å²) in [7, 11) is 0. The highest BCUT2D eigenvalue weighted by Gasteiger charge is 2.08. The fourth-order valence-electron chi connectivity index (χ4n) is 1.15. The second-order valence-corrected chi connectivity index (χ2v) is 5.64. The van der Waals surface area contributed by atoms with Crippen molar-refractivity contribution in [3.63, 3.8) is 0 Å². The number of anilines is 1. The fourth-order valence-corrected chi connectivity index (χ4v) is 1.69. The van der Waals surface area contributed by atoms with E-state index >= 15 is 0 Å². The minimum atomic E-state index is -0.0488. The fraction of sp³-hybridized carbons (Fsp3) is 0.500. The number of halogens is 1. The molecule has 0 heterocycles. The Morgan fingerprint density at radius 3 is 2.67 bits per heavy atom. The van der Waals surface area contributed by atoms with Gasteiger partial charge in [-0.2, -0.15) is 0 Å². The zero-order chi connectivity index (χ0) is 11.3. The van der Waals surface area contributed by atoms with Crippen molar-refractivity contribution in [1.82, 2.24) is 0 Å². The summed E-state index contributed by atoms with van der Waals surface area (Å²) in [6, 6.07) is 8.32. The zero-order valence-corrected chi connectivity index (χ0v) is 11.7. The molecule has 0 bridgehead atoms. The molecule has 1 aromatic rings. The Kier molecular flexibility index (Phi) is 4.86. The van der Waals surface area contributed by atoms with Gasteiger partial charge >= 0.3 is 0 Å². The number of ether oxygens (including phenoxy) is 1. The summed E-state index contributed by atoms with van der Waals surface area (Å²) in [4.78, 5) is 0. The van der Waals surface area contributed by atoms with Gasteiger partial charge in [-0.15, -0.1) is 0 Å². The predicted molar refractivity (Wildman–Crippen MR) is 73.4 cm³/mol. The monoisotopic (exact) mass is 319 g/mol. The molecule has 0 radical (unpaired) electrons. The quantitative estimate of drug-likeness (QED) is 0.677. The molecule has 0 saturated heterocycles. The van der Waals surface area contributed by atoms with Crippen LogP contribution in [0.15, 0.2) is 24.3 Å². The highest BCUT2D eigenvalue weighted by molar-refractivity contribution is 14.1. The molecule has 15 heavy (non-hydrogen) atoms. The van der Waals surface area contributed by atoms with E-state index in [0.29, 0.717) is 0 Å². The Morgan fingerprint density at radius 1 is 1.33 bits per heavy atom. The summed E-state index contributed by atoms with van der Waals surface area (Å²) < 4.78 is 6.86. The average molecular weight is 319 g/mol. The Hall–Kier alpha value is -0.290. The summed E-state index contributed by atoms with van der Waals surface area (Å²) in [6.45, 7) is 7.78. The second-order valence-electron chi connectivity index (χ2n) is 4.40. The van der Waals surface area contributed by atoms with Gasteiger partial charge in [0.05, 0.1) is 12.2 Å². The Morgan fingerprint density at radius 2 is 2.07 bits per heavy atom. The van der Waals surface area contributed by atoms with Crippen LogP contribution in [0.1, 0.15) is 20.8 Å². The van der Waals surface area contributed by atoms with Gasteiger partial charge < -0.3 is 10.1 Å². The molecule has 1 N–H and O–H groups in total. The lowest BCUT2D eigenvalue weighted by atomic mass is 10.2. The number of benzene rings is 1. The van der Waals surface area contributed by atoms with Gasteiger partial charge in [-0.1, -0.05) is 6.07 Å². The summed E-state index contributed by atoms with van der Waals surface area (Å²) in [6.07, 6.45) is 0. The van der Waals surface area contributed by atoms with Crippen molar-refractivity contribution < 1.29 is 4.74 Å². The van der Waals surface area contributed by atoms with Crippen LogP contribution in [0.4, 0.5) is 5.69 Å². The van der Waals surface area contributed by atoms with Crippen molar-refractivity contribution in [2.75, 3.05) is 18.5 Å². The number of hydrogen-bond donors (Lipinski definition) is 1. The molecule has 0 aliphatic carbocycles. The molecule has 0 amide bonds. The Bertz CT molecular complexity index is 307. The van der Waals surface area contributed by atoms with Crippen molar-refractivity contribution in [2.24, 2.45) is 0 Å². The summed E-state index contributed by atoms with van der Waals surface area (Å²) in [5.74, 6) is 0. The molecule has 0 aliphatic heterocycles. The van der Waals surface area contributed by atoms with Gasteiger partial charge in [0, 0.05) is 15.8 Å². The summed E-state index contributed by atoms with van der Waals surface area (Å²) in [5, 5.41) is 3.33. The van der Waals surface area contributed by atoms with Crippen LogP contribution in [0.25, 0.3) is 0 Å². The molecule has 0 saturated carbocycles. The van der Waals surface area contributed by atoms with E-state index in [1.54, 1.807) is 0 Å². The zero-order valence-electron chi connectivity index (χ0n) is 9.51. The first kappa shape index (κ1) is 12.8. The van der Waals surface area contributed by atoms with E-state index < -0.39 is 0 Å². The van der Waals surface area contributed by atoms with Crippen LogP contribution < -0.4 is 5.32 Å². The molecule has 3 heteroatoms. The molecule has 0 spiro atoms. The second kappa shape index (κ2) is 5.70. The molecule has 0 aromatic heterocycles. The van der Waals surface area contributed by atoms with Crippen molar-refractivity contribution in [2.45, 2.75) is 26.4 Å². The van der Waals surface area contributed by atoms with E-state index in [1.807, 2.05) is 0 Å². The lowest BCUT2D eigenvalue weighted by molar-refractivity contribution is 0.00333. The SMILES string of the molecule is CC(C)(C)OCCNc1cccc(I)c1. The number of nitrogens with one attached hydrogen (secondary N) is 1. The molecule has 0 aliphatic rings. The molecule has 0 fully saturated rings. The van der Waals surface area contributed by atoms with Gasteiger partial charge in [0.25, 0.3) is 0 Å². The topological polar surface area (TPSA) is 21.3 Å². The van der Waals surface area contributed by atoms with Crippen molar-refractivity contribution in [1.29, 1.82) is 0 Å². The van der Waals surface area contributed by atoms with E-state index in [9.17, 15) is 0 Å². The number of hydrogen-bond acceptors (Lipinski definition) is 2. The average Bonchev–Trinajstić information content (AvgIpc) is 2.11. The minimum Gasteiger partial charge on any atom is -0.383 e. The summed E-state index contributed by atoms with van der Waals surface area (Å²) >= 11 is 2.31. The lowest BCUT2D eigenvalue weighted by Gasteiger charge is -2.19. The van der Waals surface area contributed by atoms with Gasteiger partial charge in [0.15, 0.2) is 0 Å². The first-order valence-electron chi connectivity index (χ1n) is 5.11. The van der Waals surface area contributed by atoms with Gasteiger partial charge in [0.1, 0.15) is 0 Å². The molecular weight excluding hydrogens is 301 g/mol. The van der Waals surface area contributed by atoms with Crippen molar-refractivity contribution in [3.8, 4) is 0 Å². The maximum absolute atomic E-state index is 5.62. The first-order valence-corrected chi connectivity index (χ1v) is 6.19. The third kappa shape index (κ3) is 5.99. The van der Waals surface area contributed by atoms with Crippen LogP contribution in [0.3, 0.4) is 0 Å². The normalized spacial score (nSPS) is 11.5. The molecule has 2 nitrogen and oxygen atoms in total. The highest BCUT2D eigenvalue weighted by atomic mass is 127. The molecule has 1 rings (SSSR count). The van der Waals surface area contributed by atoms with Gasteiger partial charge in [-0.05, 0) is 61.6 Å². The third-order valence-corrected chi connectivity index (χ3v) is 2.46. The molecule has 1 aromatic carbocycles. The van der Waals surface area contributed by atoms with Gasteiger partial charge in [0.2, 0.25) is 0 Å². The summed E-state index contributed by atoms with van der Waals surface area (Å²) in [5.41, 5.74) is 1.10. The van der Waals surface area contributed by atoms with E-state index in [2.05, 4.69) is 72.9 Å². The lowest BCUT2D eigenvalue weighted by Crippen LogP contribution is -2.23. The van der Waals surface area contributed by atoms with E-state index in [-0.39, 0.29) is 5.60 Å². The van der Waals surface area contributed by atoms with Gasteiger partial charge in [-0.3, -0.25) is 0 Å².